The van der Waals surface area contributed by atoms with Crippen molar-refractivity contribution in [2.24, 2.45) is 0 Å². The lowest BCUT2D eigenvalue weighted by Gasteiger charge is -2.14. The number of benzene rings is 2. The fourth-order valence-corrected chi connectivity index (χ4v) is 2.52. The van der Waals surface area contributed by atoms with Crippen LogP contribution in [0, 0.1) is 0 Å². The Balaban J connectivity index is 2.14. The van der Waals surface area contributed by atoms with Gasteiger partial charge in [-0.2, -0.15) is 0 Å². The second-order valence-electron chi connectivity index (χ2n) is 5.08. The molecule has 2 amide bonds. The second kappa shape index (κ2) is 7.79. The van der Waals surface area contributed by atoms with Gasteiger partial charge in [-0.15, -0.1) is 0 Å². The summed E-state index contributed by atoms with van der Waals surface area (Å²) in [7, 11) is 0. The minimum absolute atomic E-state index is 0.483. The quantitative estimate of drug-likeness (QED) is 0.831. The van der Waals surface area contributed by atoms with E-state index in [0.29, 0.717) is 10.7 Å². The minimum Gasteiger partial charge on any atom is -0.318 e. The molecule has 0 unspecified atom stereocenters. The molecular formula is C18H19ClN2O2. The molecule has 0 heterocycles. The molecule has 0 bridgehead atoms. The highest BCUT2D eigenvalue weighted by atomic mass is 35.5. The lowest BCUT2D eigenvalue weighted by Crippen LogP contribution is -2.29. The van der Waals surface area contributed by atoms with Crippen molar-refractivity contribution in [1.29, 1.82) is 0 Å². The van der Waals surface area contributed by atoms with E-state index < -0.39 is 11.8 Å². The van der Waals surface area contributed by atoms with Crippen molar-refractivity contribution >= 4 is 34.8 Å². The molecule has 120 valence electrons. The molecule has 2 aromatic rings. The van der Waals surface area contributed by atoms with Gasteiger partial charge in [0.1, 0.15) is 0 Å². The maximum atomic E-state index is 12.2. The number of nitrogens with one attached hydrogen (secondary N) is 2. The lowest BCUT2D eigenvalue weighted by atomic mass is 10.0. The first kappa shape index (κ1) is 17.0. The average molecular weight is 331 g/mol. The fraction of sp³-hybridized carbons (Fsp3) is 0.222. The van der Waals surface area contributed by atoms with Gasteiger partial charge in [-0.05, 0) is 42.2 Å². The number of aryl methyl sites for hydroxylation is 2. The van der Waals surface area contributed by atoms with Crippen molar-refractivity contribution in [3.63, 3.8) is 0 Å². The number of hydrogen-bond donors (Lipinski definition) is 2. The highest BCUT2D eigenvalue weighted by Crippen LogP contribution is 2.22. The summed E-state index contributed by atoms with van der Waals surface area (Å²) in [4.78, 5) is 24.2. The van der Waals surface area contributed by atoms with E-state index >= 15 is 0 Å². The van der Waals surface area contributed by atoms with Gasteiger partial charge < -0.3 is 10.6 Å². The smallest absolute Gasteiger partial charge is 0.314 e. The third-order valence-electron chi connectivity index (χ3n) is 3.53. The summed E-state index contributed by atoms with van der Waals surface area (Å²) in [6, 6.07) is 12.5. The number of anilines is 2. The number of carbonyl (C=O) groups is 2. The molecule has 0 aliphatic carbocycles. The molecule has 0 aliphatic heterocycles. The lowest BCUT2D eigenvalue weighted by molar-refractivity contribution is -0.133. The zero-order chi connectivity index (χ0) is 16.8. The molecule has 0 fully saturated rings. The molecule has 5 heteroatoms. The van der Waals surface area contributed by atoms with E-state index in [9.17, 15) is 9.59 Å². The minimum atomic E-state index is -0.722. The van der Waals surface area contributed by atoms with Crippen molar-refractivity contribution in [2.75, 3.05) is 10.6 Å². The van der Waals surface area contributed by atoms with Crippen LogP contribution in [0.5, 0.6) is 0 Å². The number of halogens is 1. The van der Waals surface area contributed by atoms with Gasteiger partial charge >= 0.3 is 11.8 Å². The standard InChI is InChI=1S/C18H19ClN2O2/c1-3-12-7-5-8-13(4-2)16(12)21-18(23)17(22)20-15-10-6-9-14(19)11-15/h5-11H,3-4H2,1-2H3,(H,20,22)(H,21,23). The van der Waals surface area contributed by atoms with Crippen LogP contribution in [0.25, 0.3) is 0 Å². The first-order valence-electron chi connectivity index (χ1n) is 7.53. The van der Waals surface area contributed by atoms with E-state index in [4.69, 9.17) is 11.6 Å². The largest absolute Gasteiger partial charge is 0.318 e. The van der Waals surface area contributed by atoms with E-state index in [1.807, 2.05) is 32.0 Å². The van der Waals surface area contributed by atoms with Gasteiger partial charge in [-0.25, -0.2) is 0 Å². The SMILES string of the molecule is CCc1cccc(CC)c1NC(=O)C(=O)Nc1cccc(Cl)c1. The normalized spacial score (nSPS) is 10.2. The van der Waals surface area contributed by atoms with Crippen molar-refractivity contribution in [2.45, 2.75) is 26.7 Å². The maximum absolute atomic E-state index is 12.2. The molecular weight excluding hydrogens is 312 g/mol. The van der Waals surface area contributed by atoms with Crippen molar-refractivity contribution in [1.82, 2.24) is 0 Å². The molecule has 23 heavy (non-hydrogen) atoms. The summed E-state index contributed by atoms with van der Waals surface area (Å²) in [6.07, 6.45) is 1.55. The predicted octanol–water partition coefficient (Wildman–Crippen LogP) is 4.04. The van der Waals surface area contributed by atoms with Crippen LogP contribution in [0.1, 0.15) is 25.0 Å². The Labute approximate surface area is 140 Å². The Morgan fingerprint density at radius 2 is 1.48 bits per heavy atom. The Morgan fingerprint density at radius 3 is 2.04 bits per heavy atom. The van der Waals surface area contributed by atoms with E-state index in [-0.39, 0.29) is 0 Å². The van der Waals surface area contributed by atoms with Gasteiger partial charge in [0.2, 0.25) is 0 Å². The van der Waals surface area contributed by atoms with Gasteiger partial charge in [0.05, 0.1) is 0 Å². The first-order valence-corrected chi connectivity index (χ1v) is 7.91. The van der Waals surface area contributed by atoms with Gasteiger partial charge in [0.15, 0.2) is 0 Å². The van der Waals surface area contributed by atoms with Crippen LogP contribution in [0.15, 0.2) is 42.5 Å². The molecule has 2 aromatic carbocycles. The van der Waals surface area contributed by atoms with Gasteiger partial charge in [-0.3, -0.25) is 9.59 Å². The van der Waals surface area contributed by atoms with Crippen LogP contribution in [0.2, 0.25) is 5.02 Å². The first-order chi connectivity index (χ1) is 11.0. The van der Waals surface area contributed by atoms with E-state index in [1.54, 1.807) is 24.3 Å². The summed E-state index contributed by atoms with van der Waals surface area (Å²) in [5.41, 5.74) is 3.22. The van der Waals surface area contributed by atoms with Gasteiger partial charge in [0, 0.05) is 16.4 Å². The summed E-state index contributed by atoms with van der Waals surface area (Å²) < 4.78 is 0. The van der Waals surface area contributed by atoms with Crippen molar-refractivity contribution in [3.05, 3.63) is 58.6 Å². The summed E-state index contributed by atoms with van der Waals surface area (Å²) in [6.45, 7) is 4.02. The Morgan fingerprint density at radius 1 is 0.913 bits per heavy atom. The molecule has 0 radical (unpaired) electrons. The Kier molecular flexibility index (Phi) is 5.77. The fourth-order valence-electron chi connectivity index (χ4n) is 2.33. The number of para-hydroxylation sites is 1. The van der Waals surface area contributed by atoms with Crippen LogP contribution in [-0.4, -0.2) is 11.8 Å². The molecule has 0 atom stereocenters. The molecule has 4 nitrogen and oxygen atoms in total. The Hall–Kier alpha value is -2.33. The van der Waals surface area contributed by atoms with Crippen LogP contribution in [0.4, 0.5) is 11.4 Å². The van der Waals surface area contributed by atoms with Crippen LogP contribution in [0.3, 0.4) is 0 Å². The molecule has 2 N–H and O–H groups in total. The predicted molar refractivity (Wildman–Crippen MR) is 93.9 cm³/mol. The number of amides is 2. The van der Waals surface area contributed by atoms with Crippen LogP contribution in [-0.2, 0) is 22.4 Å². The molecule has 0 saturated carbocycles. The topological polar surface area (TPSA) is 58.2 Å². The van der Waals surface area contributed by atoms with Gasteiger partial charge in [-0.1, -0.05) is 49.7 Å². The summed E-state index contributed by atoms with van der Waals surface area (Å²) >= 11 is 5.86. The molecule has 2 rings (SSSR count). The van der Waals surface area contributed by atoms with E-state index in [1.165, 1.54) is 0 Å². The Bertz CT molecular complexity index is 706. The van der Waals surface area contributed by atoms with Gasteiger partial charge in [0.25, 0.3) is 0 Å². The zero-order valence-corrected chi connectivity index (χ0v) is 13.9. The molecule has 0 aromatic heterocycles. The monoisotopic (exact) mass is 330 g/mol. The zero-order valence-electron chi connectivity index (χ0n) is 13.2. The highest BCUT2D eigenvalue weighted by Gasteiger charge is 2.17. The van der Waals surface area contributed by atoms with Crippen molar-refractivity contribution < 1.29 is 9.59 Å². The number of rotatable bonds is 4. The van der Waals surface area contributed by atoms with E-state index in [0.717, 1.165) is 29.7 Å². The van der Waals surface area contributed by atoms with Crippen LogP contribution < -0.4 is 10.6 Å². The summed E-state index contributed by atoms with van der Waals surface area (Å²) in [5.74, 6) is -1.42. The third kappa shape index (κ3) is 4.33. The van der Waals surface area contributed by atoms with Crippen molar-refractivity contribution in [3.8, 4) is 0 Å². The summed E-state index contributed by atoms with van der Waals surface area (Å²) in [5, 5.41) is 5.77. The maximum Gasteiger partial charge on any atom is 0.314 e. The third-order valence-corrected chi connectivity index (χ3v) is 3.76. The number of hydrogen-bond acceptors (Lipinski definition) is 2. The molecule has 0 spiro atoms. The highest BCUT2D eigenvalue weighted by molar-refractivity contribution is 6.44. The second-order valence-corrected chi connectivity index (χ2v) is 5.51. The number of carbonyl (C=O) groups excluding carboxylic acids is 2. The molecule has 0 aliphatic rings. The van der Waals surface area contributed by atoms with Crippen LogP contribution >= 0.6 is 11.6 Å². The molecule has 0 saturated heterocycles. The average Bonchev–Trinajstić information content (AvgIpc) is 2.54. The van der Waals surface area contributed by atoms with E-state index in [2.05, 4.69) is 10.6 Å².